The lowest BCUT2D eigenvalue weighted by Gasteiger charge is -2.13. The van der Waals surface area contributed by atoms with E-state index in [0.717, 1.165) is 42.3 Å². The summed E-state index contributed by atoms with van der Waals surface area (Å²) in [5.41, 5.74) is 1.09. The minimum Gasteiger partial charge on any atom is -0.370 e. The molecule has 0 amide bonds. The predicted molar refractivity (Wildman–Crippen MR) is 74.0 cm³/mol. The molecule has 0 aliphatic carbocycles. The summed E-state index contributed by atoms with van der Waals surface area (Å²) in [5.74, 6) is 2.52. The molecule has 0 saturated heterocycles. The molecule has 0 spiro atoms. The zero-order valence-corrected chi connectivity index (χ0v) is 11.3. The van der Waals surface area contributed by atoms with Gasteiger partial charge in [-0.3, -0.25) is 0 Å². The van der Waals surface area contributed by atoms with E-state index in [4.69, 9.17) is 4.52 Å². The summed E-state index contributed by atoms with van der Waals surface area (Å²) in [4.78, 5) is 8.59. The number of anilines is 2. The topological polar surface area (TPSA) is 75.9 Å². The third-order valence-corrected chi connectivity index (χ3v) is 2.76. The van der Waals surface area contributed by atoms with Crippen LogP contribution in [-0.2, 0) is 13.0 Å². The fraction of sp³-hybridized carbons (Fsp3) is 0.462. The van der Waals surface area contributed by atoms with Gasteiger partial charge >= 0.3 is 0 Å². The molecule has 0 aliphatic rings. The molecule has 0 atom stereocenters. The second-order valence-electron chi connectivity index (χ2n) is 4.16. The van der Waals surface area contributed by atoms with E-state index in [2.05, 4.69) is 39.6 Å². The molecule has 0 radical (unpaired) electrons. The lowest BCUT2D eigenvalue weighted by atomic mass is 10.2. The van der Waals surface area contributed by atoms with Crippen LogP contribution >= 0.6 is 0 Å². The van der Waals surface area contributed by atoms with Gasteiger partial charge < -0.3 is 15.2 Å². The number of nitrogens with one attached hydrogen (secondary N) is 2. The smallest absolute Gasteiger partial charge is 0.155 e. The number of nitrogens with zero attached hydrogens (tertiary/aromatic N) is 3. The summed E-state index contributed by atoms with van der Waals surface area (Å²) in [6, 6.07) is 1.83. The van der Waals surface area contributed by atoms with Gasteiger partial charge in [0.1, 0.15) is 18.0 Å². The average Bonchev–Trinajstić information content (AvgIpc) is 2.96. The van der Waals surface area contributed by atoms with Gasteiger partial charge in [-0.25, -0.2) is 9.97 Å². The van der Waals surface area contributed by atoms with Crippen molar-refractivity contribution >= 4 is 11.6 Å². The number of aromatic nitrogens is 3. The molecule has 19 heavy (non-hydrogen) atoms. The Balaban J connectivity index is 2.10. The lowest BCUT2D eigenvalue weighted by molar-refractivity contribution is 0.388. The Labute approximate surface area is 112 Å². The van der Waals surface area contributed by atoms with Crippen LogP contribution in [0.25, 0.3) is 0 Å². The fourth-order valence-electron chi connectivity index (χ4n) is 1.80. The summed E-state index contributed by atoms with van der Waals surface area (Å²) in [7, 11) is 0. The summed E-state index contributed by atoms with van der Waals surface area (Å²) < 4.78 is 5.05. The third kappa shape index (κ3) is 3.43. The van der Waals surface area contributed by atoms with Gasteiger partial charge in [-0.15, -0.1) is 0 Å². The largest absolute Gasteiger partial charge is 0.370 e. The molecule has 102 valence electrons. The van der Waals surface area contributed by atoms with Crippen LogP contribution in [0, 0.1) is 0 Å². The van der Waals surface area contributed by atoms with Gasteiger partial charge in [0, 0.05) is 18.2 Å². The van der Waals surface area contributed by atoms with Crippen molar-refractivity contribution in [2.24, 2.45) is 0 Å². The van der Waals surface area contributed by atoms with E-state index in [1.807, 2.05) is 6.07 Å². The zero-order valence-electron chi connectivity index (χ0n) is 11.3. The van der Waals surface area contributed by atoms with E-state index < -0.39 is 0 Å². The lowest BCUT2D eigenvalue weighted by Crippen LogP contribution is -2.10. The summed E-state index contributed by atoms with van der Waals surface area (Å²) in [5, 5.41) is 10.3. The second-order valence-corrected chi connectivity index (χ2v) is 4.16. The van der Waals surface area contributed by atoms with Crippen LogP contribution in [0.15, 0.2) is 23.1 Å². The van der Waals surface area contributed by atoms with Crippen molar-refractivity contribution in [3.8, 4) is 0 Å². The Morgan fingerprint density at radius 3 is 2.58 bits per heavy atom. The normalized spacial score (nSPS) is 10.4. The molecule has 2 rings (SSSR count). The van der Waals surface area contributed by atoms with Crippen LogP contribution in [0.3, 0.4) is 0 Å². The summed E-state index contributed by atoms with van der Waals surface area (Å²) >= 11 is 0. The minimum atomic E-state index is 0.567. The van der Waals surface area contributed by atoms with E-state index >= 15 is 0 Å². The van der Waals surface area contributed by atoms with Gasteiger partial charge in [0.05, 0.1) is 12.7 Å². The van der Waals surface area contributed by atoms with Crippen LogP contribution in [-0.4, -0.2) is 21.7 Å². The molecule has 6 heteroatoms. The van der Waals surface area contributed by atoms with E-state index in [1.54, 1.807) is 12.5 Å². The van der Waals surface area contributed by atoms with E-state index in [-0.39, 0.29) is 0 Å². The standard InChI is InChI=1S/C13H19N5O/c1-3-6-14-12-11(4-2)13(17-9-16-12)15-8-10-5-7-18-19-10/h5,7,9H,3-4,6,8H2,1-2H3,(H2,14,15,16,17). The van der Waals surface area contributed by atoms with Gasteiger partial charge in [0.25, 0.3) is 0 Å². The first-order valence-corrected chi connectivity index (χ1v) is 6.56. The Morgan fingerprint density at radius 2 is 1.95 bits per heavy atom. The molecule has 2 N–H and O–H groups in total. The molecule has 0 aromatic carbocycles. The molecule has 2 aromatic rings. The van der Waals surface area contributed by atoms with Crippen LogP contribution < -0.4 is 10.6 Å². The maximum absolute atomic E-state index is 5.05. The van der Waals surface area contributed by atoms with Crippen molar-refractivity contribution in [2.45, 2.75) is 33.2 Å². The SMILES string of the molecule is CCCNc1ncnc(NCc2ccno2)c1CC. The molecule has 0 fully saturated rings. The quantitative estimate of drug-likeness (QED) is 0.797. The Bertz CT molecular complexity index is 498. The molecule has 2 aromatic heterocycles. The van der Waals surface area contributed by atoms with Gasteiger partial charge in [0.15, 0.2) is 5.76 Å². The molecule has 6 nitrogen and oxygen atoms in total. The van der Waals surface area contributed by atoms with Crippen LogP contribution in [0.5, 0.6) is 0 Å². The van der Waals surface area contributed by atoms with Crippen LogP contribution in [0.1, 0.15) is 31.6 Å². The van der Waals surface area contributed by atoms with E-state index in [1.165, 1.54) is 0 Å². The maximum Gasteiger partial charge on any atom is 0.155 e. The first-order valence-electron chi connectivity index (χ1n) is 6.56. The summed E-state index contributed by atoms with van der Waals surface area (Å²) in [6.07, 6.45) is 5.13. The van der Waals surface area contributed by atoms with Gasteiger partial charge in [-0.1, -0.05) is 19.0 Å². The van der Waals surface area contributed by atoms with Crippen molar-refractivity contribution < 1.29 is 4.52 Å². The molecule has 0 aliphatic heterocycles. The van der Waals surface area contributed by atoms with Crippen molar-refractivity contribution in [1.82, 2.24) is 15.1 Å². The fourth-order valence-corrected chi connectivity index (χ4v) is 1.80. The molecular formula is C13H19N5O. The maximum atomic E-state index is 5.05. The summed E-state index contributed by atoms with van der Waals surface area (Å²) in [6.45, 7) is 5.70. The second kappa shape index (κ2) is 6.72. The first kappa shape index (κ1) is 13.3. The van der Waals surface area contributed by atoms with Crippen molar-refractivity contribution in [3.63, 3.8) is 0 Å². The monoisotopic (exact) mass is 261 g/mol. The van der Waals surface area contributed by atoms with Gasteiger partial charge in [-0.2, -0.15) is 0 Å². The van der Waals surface area contributed by atoms with Gasteiger partial charge in [-0.05, 0) is 12.8 Å². The minimum absolute atomic E-state index is 0.567. The van der Waals surface area contributed by atoms with Crippen LogP contribution in [0.2, 0.25) is 0 Å². The van der Waals surface area contributed by atoms with Gasteiger partial charge in [0.2, 0.25) is 0 Å². The van der Waals surface area contributed by atoms with Crippen molar-refractivity contribution in [2.75, 3.05) is 17.2 Å². The van der Waals surface area contributed by atoms with Crippen molar-refractivity contribution in [3.05, 3.63) is 29.9 Å². The third-order valence-electron chi connectivity index (χ3n) is 2.76. The highest BCUT2D eigenvalue weighted by Gasteiger charge is 2.09. The predicted octanol–water partition coefficient (Wildman–Crippen LogP) is 2.46. The molecule has 0 saturated carbocycles. The highest BCUT2D eigenvalue weighted by molar-refractivity contribution is 5.57. The highest BCUT2D eigenvalue weighted by Crippen LogP contribution is 2.20. The number of hydrogen-bond acceptors (Lipinski definition) is 6. The Morgan fingerprint density at radius 1 is 1.16 bits per heavy atom. The zero-order chi connectivity index (χ0) is 13.5. The molecule has 0 unspecified atom stereocenters. The molecular weight excluding hydrogens is 242 g/mol. The van der Waals surface area contributed by atoms with Crippen molar-refractivity contribution in [1.29, 1.82) is 0 Å². The Kier molecular flexibility index (Phi) is 4.72. The molecule has 2 heterocycles. The number of hydrogen-bond donors (Lipinski definition) is 2. The highest BCUT2D eigenvalue weighted by atomic mass is 16.5. The van der Waals surface area contributed by atoms with Crippen LogP contribution in [0.4, 0.5) is 11.6 Å². The Hall–Kier alpha value is -2.11. The van der Waals surface area contributed by atoms with E-state index in [9.17, 15) is 0 Å². The van der Waals surface area contributed by atoms with E-state index in [0.29, 0.717) is 6.54 Å². The molecule has 0 bridgehead atoms. The number of rotatable bonds is 7. The first-order chi connectivity index (χ1) is 9.35. The average molecular weight is 261 g/mol.